The number of benzene rings is 2. The standard InChI is InChI=1S/C22H24ClN5O3S.ClH/c1-2-15-3-5-18-20(13-15)32-22(25-18)27-11-9-26(10-12-27)8-7-24-21(29)17-14-16(23)4-6-19(17)28(30)31;/h3-6,13-14H,2,7-12H2,1H3,(H,24,29);1H. The molecule has 1 aromatic heterocycles. The van der Waals surface area contributed by atoms with Gasteiger partial charge in [-0.15, -0.1) is 12.4 Å². The number of thiazole rings is 1. The van der Waals surface area contributed by atoms with Crippen molar-refractivity contribution >= 4 is 62.3 Å². The first kappa shape index (κ1) is 25.2. The smallest absolute Gasteiger partial charge is 0.282 e. The van der Waals surface area contributed by atoms with Gasteiger partial charge in [0, 0.05) is 50.4 Å². The van der Waals surface area contributed by atoms with Crippen LogP contribution in [0.5, 0.6) is 0 Å². The fourth-order valence-corrected chi connectivity index (χ4v) is 5.00. The Kier molecular flexibility index (Phi) is 8.47. The summed E-state index contributed by atoms with van der Waals surface area (Å²) in [6.45, 7) is 6.70. The van der Waals surface area contributed by atoms with Crippen LogP contribution in [0.3, 0.4) is 0 Å². The molecule has 11 heteroatoms. The summed E-state index contributed by atoms with van der Waals surface area (Å²) in [6, 6.07) is 10.4. The number of nitrogens with one attached hydrogen (secondary N) is 1. The van der Waals surface area contributed by atoms with Gasteiger partial charge in [-0.25, -0.2) is 4.98 Å². The maximum atomic E-state index is 12.4. The quantitative estimate of drug-likeness (QED) is 0.375. The minimum Gasteiger partial charge on any atom is -0.351 e. The molecule has 0 aliphatic carbocycles. The lowest BCUT2D eigenvalue weighted by Gasteiger charge is -2.34. The van der Waals surface area contributed by atoms with Crippen molar-refractivity contribution in [2.45, 2.75) is 13.3 Å². The molecule has 0 unspecified atom stereocenters. The molecular weight excluding hydrogens is 485 g/mol. The molecule has 1 amide bonds. The molecule has 0 saturated carbocycles. The van der Waals surface area contributed by atoms with Gasteiger partial charge in [0.05, 0.1) is 15.1 Å². The highest BCUT2D eigenvalue weighted by molar-refractivity contribution is 7.22. The second-order valence-corrected chi connectivity index (χ2v) is 9.10. The van der Waals surface area contributed by atoms with Gasteiger partial charge in [-0.2, -0.15) is 0 Å². The van der Waals surface area contributed by atoms with E-state index in [1.165, 1.54) is 28.5 Å². The van der Waals surface area contributed by atoms with Crippen LogP contribution in [0.2, 0.25) is 5.02 Å². The second-order valence-electron chi connectivity index (χ2n) is 7.66. The van der Waals surface area contributed by atoms with Gasteiger partial charge in [-0.05, 0) is 36.2 Å². The van der Waals surface area contributed by atoms with Crippen molar-refractivity contribution in [3.05, 3.63) is 62.7 Å². The van der Waals surface area contributed by atoms with E-state index in [1.807, 2.05) is 0 Å². The van der Waals surface area contributed by atoms with Crippen LogP contribution >= 0.6 is 35.3 Å². The van der Waals surface area contributed by atoms with Crippen molar-refractivity contribution in [3.63, 3.8) is 0 Å². The highest BCUT2D eigenvalue weighted by atomic mass is 35.5. The zero-order chi connectivity index (χ0) is 22.7. The summed E-state index contributed by atoms with van der Waals surface area (Å²) in [5, 5.41) is 15.3. The summed E-state index contributed by atoms with van der Waals surface area (Å²) in [5.41, 5.74) is 2.10. The lowest BCUT2D eigenvalue weighted by molar-refractivity contribution is -0.385. The van der Waals surface area contributed by atoms with E-state index < -0.39 is 10.8 Å². The lowest BCUT2D eigenvalue weighted by atomic mass is 10.1. The fourth-order valence-electron chi connectivity index (χ4n) is 3.75. The number of fused-ring (bicyclic) bond motifs is 1. The number of amides is 1. The van der Waals surface area contributed by atoms with Crippen LogP contribution < -0.4 is 10.2 Å². The van der Waals surface area contributed by atoms with Crippen molar-refractivity contribution in [1.29, 1.82) is 0 Å². The molecule has 0 atom stereocenters. The minimum absolute atomic E-state index is 0. The number of nitro groups is 1. The molecule has 1 aliphatic rings. The Hall–Kier alpha value is -2.46. The number of anilines is 1. The van der Waals surface area contributed by atoms with Gasteiger partial charge in [0.1, 0.15) is 5.56 Å². The Morgan fingerprint density at radius 2 is 1.97 bits per heavy atom. The molecule has 2 heterocycles. The number of carbonyl (C=O) groups excluding carboxylic acids is 1. The van der Waals surface area contributed by atoms with Crippen LogP contribution in [0.25, 0.3) is 10.2 Å². The number of piperazine rings is 1. The highest BCUT2D eigenvalue weighted by Gasteiger charge is 2.22. The zero-order valence-electron chi connectivity index (χ0n) is 18.1. The van der Waals surface area contributed by atoms with Crippen molar-refractivity contribution in [2.75, 3.05) is 44.2 Å². The Labute approximate surface area is 207 Å². The van der Waals surface area contributed by atoms with E-state index in [0.29, 0.717) is 13.1 Å². The van der Waals surface area contributed by atoms with Gasteiger partial charge >= 0.3 is 0 Å². The summed E-state index contributed by atoms with van der Waals surface area (Å²) >= 11 is 7.64. The molecular formula is C22H25Cl2N5O3S. The van der Waals surface area contributed by atoms with Gasteiger partial charge in [0.25, 0.3) is 11.6 Å². The summed E-state index contributed by atoms with van der Waals surface area (Å²) in [5.74, 6) is -0.487. The normalized spacial score (nSPS) is 14.2. The van der Waals surface area contributed by atoms with E-state index in [0.717, 1.165) is 43.2 Å². The summed E-state index contributed by atoms with van der Waals surface area (Å²) in [4.78, 5) is 32.4. The van der Waals surface area contributed by atoms with Gasteiger partial charge in [-0.1, -0.05) is 35.9 Å². The van der Waals surface area contributed by atoms with E-state index in [4.69, 9.17) is 16.6 Å². The third-order valence-electron chi connectivity index (χ3n) is 5.61. The predicted octanol–water partition coefficient (Wildman–Crippen LogP) is 4.39. The Morgan fingerprint density at radius 3 is 2.67 bits per heavy atom. The van der Waals surface area contributed by atoms with Crippen LogP contribution in [-0.2, 0) is 6.42 Å². The van der Waals surface area contributed by atoms with Crippen LogP contribution in [0.15, 0.2) is 36.4 Å². The van der Waals surface area contributed by atoms with Gasteiger partial charge in [-0.3, -0.25) is 19.8 Å². The maximum absolute atomic E-state index is 12.4. The summed E-state index contributed by atoms with van der Waals surface area (Å²) in [6.07, 6.45) is 1.02. The first-order valence-corrected chi connectivity index (χ1v) is 11.7. The molecule has 3 aromatic rings. The summed E-state index contributed by atoms with van der Waals surface area (Å²) in [7, 11) is 0. The number of aryl methyl sites for hydroxylation is 1. The fraction of sp³-hybridized carbons (Fsp3) is 0.364. The Balaban J connectivity index is 0.00000306. The van der Waals surface area contributed by atoms with Crippen LogP contribution in [-0.4, -0.2) is 60.0 Å². The van der Waals surface area contributed by atoms with Crippen molar-refractivity contribution in [3.8, 4) is 0 Å². The number of carbonyl (C=O) groups is 1. The molecule has 1 saturated heterocycles. The first-order valence-electron chi connectivity index (χ1n) is 10.5. The molecule has 1 fully saturated rings. The topological polar surface area (TPSA) is 91.6 Å². The van der Waals surface area contributed by atoms with Crippen molar-refractivity contribution in [2.24, 2.45) is 0 Å². The lowest BCUT2D eigenvalue weighted by Crippen LogP contribution is -2.48. The second kappa shape index (κ2) is 11.1. The monoisotopic (exact) mass is 509 g/mol. The summed E-state index contributed by atoms with van der Waals surface area (Å²) < 4.78 is 1.22. The van der Waals surface area contributed by atoms with Crippen molar-refractivity contribution < 1.29 is 9.72 Å². The molecule has 1 N–H and O–H groups in total. The zero-order valence-corrected chi connectivity index (χ0v) is 20.5. The largest absolute Gasteiger partial charge is 0.351 e. The highest BCUT2D eigenvalue weighted by Crippen LogP contribution is 2.30. The average molecular weight is 510 g/mol. The molecule has 8 nitrogen and oxygen atoms in total. The molecule has 33 heavy (non-hydrogen) atoms. The van der Waals surface area contributed by atoms with Crippen LogP contribution in [0, 0.1) is 10.1 Å². The Morgan fingerprint density at radius 1 is 1.21 bits per heavy atom. The van der Waals surface area contributed by atoms with Crippen LogP contribution in [0.4, 0.5) is 10.8 Å². The molecule has 0 spiro atoms. The molecule has 1 aliphatic heterocycles. The van der Waals surface area contributed by atoms with Crippen molar-refractivity contribution in [1.82, 2.24) is 15.2 Å². The van der Waals surface area contributed by atoms with E-state index in [1.54, 1.807) is 11.3 Å². The maximum Gasteiger partial charge on any atom is 0.282 e. The first-order chi connectivity index (χ1) is 15.4. The van der Waals surface area contributed by atoms with Gasteiger partial charge < -0.3 is 10.2 Å². The molecule has 2 aromatic carbocycles. The van der Waals surface area contributed by atoms with Crippen LogP contribution in [0.1, 0.15) is 22.8 Å². The SMILES string of the molecule is CCc1ccc2nc(N3CCN(CCNC(=O)c4cc(Cl)ccc4[N+](=O)[O-])CC3)sc2c1.Cl. The molecule has 0 bridgehead atoms. The van der Waals surface area contributed by atoms with E-state index in [2.05, 4.69) is 40.2 Å². The molecule has 4 rings (SSSR count). The molecule has 0 radical (unpaired) electrons. The van der Waals surface area contributed by atoms with E-state index in [-0.39, 0.29) is 28.7 Å². The van der Waals surface area contributed by atoms with Gasteiger partial charge in [0.2, 0.25) is 0 Å². The third kappa shape index (κ3) is 5.92. The Bertz CT molecular complexity index is 1150. The molecule has 176 valence electrons. The van der Waals surface area contributed by atoms with E-state index >= 15 is 0 Å². The number of rotatable bonds is 7. The number of hydrogen-bond donors (Lipinski definition) is 1. The number of nitrogens with zero attached hydrogens (tertiary/aromatic N) is 4. The average Bonchev–Trinajstić information content (AvgIpc) is 3.22. The number of nitro benzene ring substituents is 1. The predicted molar refractivity (Wildman–Crippen MR) is 135 cm³/mol. The number of aromatic nitrogens is 1. The third-order valence-corrected chi connectivity index (χ3v) is 6.92. The van der Waals surface area contributed by atoms with Gasteiger partial charge in [0.15, 0.2) is 5.13 Å². The number of halogens is 2. The number of hydrogen-bond acceptors (Lipinski definition) is 7. The van der Waals surface area contributed by atoms with E-state index in [9.17, 15) is 14.9 Å². The minimum atomic E-state index is -0.574.